The van der Waals surface area contributed by atoms with E-state index in [1.54, 1.807) is 11.3 Å². The Labute approximate surface area is 123 Å². The molecule has 0 amide bonds. The van der Waals surface area contributed by atoms with E-state index in [0.29, 0.717) is 6.54 Å². The standard InChI is InChI=1S/C14H18N2O2S2/c1-15-9-12-4-6-13(7-5-12)11-20(17,18)16-10-14-3-2-8-19-14/h2-8,15-16H,9-11H2,1H3. The summed E-state index contributed by atoms with van der Waals surface area (Å²) in [5, 5.41) is 4.99. The first-order valence-electron chi connectivity index (χ1n) is 6.31. The summed E-state index contributed by atoms with van der Waals surface area (Å²) >= 11 is 1.54. The number of sulfonamides is 1. The van der Waals surface area contributed by atoms with Crippen molar-refractivity contribution in [3.8, 4) is 0 Å². The van der Waals surface area contributed by atoms with E-state index in [9.17, 15) is 8.42 Å². The average molecular weight is 310 g/mol. The van der Waals surface area contributed by atoms with Crippen molar-refractivity contribution in [3.05, 3.63) is 57.8 Å². The molecule has 0 radical (unpaired) electrons. The highest BCUT2D eigenvalue weighted by Crippen LogP contribution is 2.11. The quantitative estimate of drug-likeness (QED) is 0.823. The molecule has 1 aromatic carbocycles. The van der Waals surface area contributed by atoms with E-state index in [1.807, 2.05) is 48.8 Å². The maximum Gasteiger partial charge on any atom is 0.216 e. The fourth-order valence-electron chi connectivity index (χ4n) is 1.82. The molecule has 4 nitrogen and oxygen atoms in total. The molecule has 2 N–H and O–H groups in total. The first-order chi connectivity index (χ1) is 9.59. The van der Waals surface area contributed by atoms with Crippen molar-refractivity contribution in [2.45, 2.75) is 18.8 Å². The molecule has 0 fully saturated rings. The van der Waals surface area contributed by atoms with Gasteiger partial charge in [0.2, 0.25) is 10.0 Å². The fraction of sp³-hybridized carbons (Fsp3) is 0.286. The number of benzene rings is 1. The SMILES string of the molecule is CNCc1ccc(CS(=O)(=O)NCc2cccs2)cc1. The number of nitrogens with one attached hydrogen (secondary N) is 2. The zero-order chi connectivity index (χ0) is 14.4. The van der Waals surface area contributed by atoms with Gasteiger partial charge in [0.15, 0.2) is 0 Å². The maximum absolute atomic E-state index is 12.0. The Morgan fingerprint density at radius 3 is 2.35 bits per heavy atom. The van der Waals surface area contributed by atoms with E-state index >= 15 is 0 Å². The first-order valence-corrected chi connectivity index (χ1v) is 8.84. The molecule has 0 aliphatic heterocycles. The predicted octanol–water partition coefficient (Wildman–Crippen LogP) is 2.09. The van der Waals surface area contributed by atoms with Gasteiger partial charge in [0, 0.05) is 18.0 Å². The molecule has 108 valence electrons. The van der Waals surface area contributed by atoms with Crippen LogP contribution in [0.1, 0.15) is 16.0 Å². The van der Waals surface area contributed by atoms with Gasteiger partial charge in [-0.2, -0.15) is 0 Å². The molecule has 0 unspecified atom stereocenters. The highest BCUT2D eigenvalue weighted by atomic mass is 32.2. The Kier molecular flexibility index (Phi) is 5.31. The van der Waals surface area contributed by atoms with Gasteiger partial charge in [-0.3, -0.25) is 0 Å². The summed E-state index contributed by atoms with van der Waals surface area (Å²) in [5.41, 5.74) is 1.93. The van der Waals surface area contributed by atoms with Gasteiger partial charge in [-0.1, -0.05) is 30.3 Å². The van der Waals surface area contributed by atoms with Crippen LogP contribution in [0.3, 0.4) is 0 Å². The summed E-state index contributed by atoms with van der Waals surface area (Å²) in [6, 6.07) is 11.4. The van der Waals surface area contributed by atoms with E-state index in [2.05, 4.69) is 10.0 Å². The molecule has 0 saturated carbocycles. The lowest BCUT2D eigenvalue weighted by atomic mass is 10.1. The average Bonchev–Trinajstić information content (AvgIpc) is 2.92. The summed E-state index contributed by atoms with van der Waals surface area (Å²) in [4.78, 5) is 1.01. The van der Waals surface area contributed by atoms with Crippen LogP contribution in [0.2, 0.25) is 0 Å². The minimum atomic E-state index is -3.29. The molecule has 2 rings (SSSR count). The molecule has 0 saturated heterocycles. The van der Waals surface area contributed by atoms with E-state index in [4.69, 9.17) is 0 Å². The van der Waals surface area contributed by atoms with Crippen LogP contribution in [0.5, 0.6) is 0 Å². The van der Waals surface area contributed by atoms with Crippen LogP contribution in [0.15, 0.2) is 41.8 Å². The molecule has 1 aromatic heterocycles. The second kappa shape index (κ2) is 6.99. The molecule has 0 aliphatic carbocycles. The van der Waals surface area contributed by atoms with Crippen LogP contribution in [0, 0.1) is 0 Å². The lowest BCUT2D eigenvalue weighted by Crippen LogP contribution is -2.24. The minimum Gasteiger partial charge on any atom is -0.316 e. The van der Waals surface area contributed by atoms with Gasteiger partial charge < -0.3 is 5.32 Å². The highest BCUT2D eigenvalue weighted by molar-refractivity contribution is 7.88. The van der Waals surface area contributed by atoms with Crippen molar-refractivity contribution in [3.63, 3.8) is 0 Å². The third-order valence-electron chi connectivity index (χ3n) is 2.81. The minimum absolute atomic E-state index is 0.0121. The Balaban J connectivity index is 1.93. The van der Waals surface area contributed by atoms with Gasteiger partial charge in [0.25, 0.3) is 0 Å². The molecule has 0 spiro atoms. The molecule has 6 heteroatoms. The summed E-state index contributed by atoms with van der Waals surface area (Å²) in [6.07, 6.45) is 0. The molecular weight excluding hydrogens is 292 g/mol. The van der Waals surface area contributed by atoms with Crippen molar-refractivity contribution in [1.82, 2.24) is 10.0 Å². The Morgan fingerprint density at radius 1 is 1.05 bits per heavy atom. The van der Waals surface area contributed by atoms with Crippen molar-refractivity contribution in [2.24, 2.45) is 0 Å². The molecule has 1 heterocycles. The molecule has 0 aliphatic rings. The number of thiophene rings is 1. The van der Waals surface area contributed by atoms with Crippen molar-refractivity contribution >= 4 is 21.4 Å². The summed E-state index contributed by atoms with van der Waals surface area (Å²) < 4.78 is 26.6. The van der Waals surface area contributed by atoms with Crippen molar-refractivity contribution in [2.75, 3.05) is 7.05 Å². The van der Waals surface area contributed by atoms with Gasteiger partial charge in [0.05, 0.1) is 5.75 Å². The van der Waals surface area contributed by atoms with Crippen LogP contribution < -0.4 is 10.0 Å². The number of rotatable bonds is 7. The lowest BCUT2D eigenvalue weighted by Gasteiger charge is -2.07. The molecule has 2 aromatic rings. The number of hydrogen-bond acceptors (Lipinski definition) is 4. The van der Waals surface area contributed by atoms with Gasteiger partial charge in [0.1, 0.15) is 0 Å². The highest BCUT2D eigenvalue weighted by Gasteiger charge is 2.11. The van der Waals surface area contributed by atoms with Crippen LogP contribution >= 0.6 is 11.3 Å². The second-order valence-corrected chi connectivity index (χ2v) is 7.35. The van der Waals surface area contributed by atoms with Crippen LogP contribution in [-0.4, -0.2) is 15.5 Å². The van der Waals surface area contributed by atoms with Crippen LogP contribution in [0.4, 0.5) is 0 Å². The topological polar surface area (TPSA) is 58.2 Å². The van der Waals surface area contributed by atoms with Gasteiger partial charge in [-0.25, -0.2) is 13.1 Å². The normalized spacial score (nSPS) is 11.7. The maximum atomic E-state index is 12.0. The molecule has 0 bridgehead atoms. The van der Waals surface area contributed by atoms with E-state index in [-0.39, 0.29) is 5.75 Å². The second-order valence-electron chi connectivity index (χ2n) is 4.51. The van der Waals surface area contributed by atoms with Crippen molar-refractivity contribution < 1.29 is 8.42 Å². The molecule has 0 atom stereocenters. The van der Waals surface area contributed by atoms with Crippen LogP contribution in [0.25, 0.3) is 0 Å². The summed E-state index contributed by atoms with van der Waals surface area (Å²) in [5.74, 6) is 0.0121. The van der Waals surface area contributed by atoms with Gasteiger partial charge in [-0.15, -0.1) is 11.3 Å². The smallest absolute Gasteiger partial charge is 0.216 e. The van der Waals surface area contributed by atoms with E-state index in [0.717, 1.165) is 22.5 Å². The van der Waals surface area contributed by atoms with E-state index in [1.165, 1.54) is 0 Å². The van der Waals surface area contributed by atoms with Gasteiger partial charge >= 0.3 is 0 Å². The molecular formula is C14H18N2O2S2. The Hall–Kier alpha value is -1.21. The fourth-order valence-corrected chi connectivity index (χ4v) is 3.67. The first kappa shape index (κ1) is 15.2. The van der Waals surface area contributed by atoms with Gasteiger partial charge in [-0.05, 0) is 29.6 Å². The Bertz CT molecular complexity index is 620. The zero-order valence-corrected chi connectivity index (χ0v) is 12.9. The van der Waals surface area contributed by atoms with Crippen molar-refractivity contribution in [1.29, 1.82) is 0 Å². The summed E-state index contributed by atoms with van der Waals surface area (Å²) in [6.45, 7) is 1.14. The zero-order valence-electron chi connectivity index (χ0n) is 11.3. The lowest BCUT2D eigenvalue weighted by molar-refractivity contribution is 0.581. The monoisotopic (exact) mass is 310 g/mol. The third-order valence-corrected chi connectivity index (χ3v) is 4.98. The van der Waals surface area contributed by atoms with Crippen LogP contribution in [-0.2, 0) is 28.9 Å². The third kappa shape index (κ3) is 4.72. The number of hydrogen-bond donors (Lipinski definition) is 2. The van der Waals surface area contributed by atoms with E-state index < -0.39 is 10.0 Å². The summed E-state index contributed by atoms with van der Waals surface area (Å²) in [7, 11) is -1.41. The largest absolute Gasteiger partial charge is 0.316 e. The predicted molar refractivity (Wildman–Crippen MR) is 83.0 cm³/mol. The Morgan fingerprint density at radius 2 is 1.75 bits per heavy atom. The molecule has 20 heavy (non-hydrogen) atoms.